The second-order valence-corrected chi connectivity index (χ2v) is 6.92. The predicted octanol–water partition coefficient (Wildman–Crippen LogP) is 3.89. The number of nitrogens with zero attached hydrogens (tertiary/aromatic N) is 2. The standard InChI is InChI=1S/C17H21BrClN3O2/c1-11-9-12(2)22(21-11)8-4-7-20-17(23)13(3)24-16-6-5-14(19)10-15(16)18/h5-6,9-10,13H,4,7-8H2,1-3H3,(H,20,23)/t13-/m1/s1. The number of hydrogen-bond acceptors (Lipinski definition) is 3. The largest absolute Gasteiger partial charge is 0.480 e. The van der Waals surface area contributed by atoms with Crippen molar-refractivity contribution in [1.29, 1.82) is 0 Å². The molecule has 0 spiro atoms. The molecule has 0 saturated heterocycles. The van der Waals surface area contributed by atoms with E-state index in [-0.39, 0.29) is 5.91 Å². The number of nitrogens with one attached hydrogen (secondary N) is 1. The molecule has 1 N–H and O–H groups in total. The third-order valence-corrected chi connectivity index (χ3v) is 4.37. The molecule has 0 saturated carbocycles. The van der Waals surface area contributed by atoms with E-state index in [0.717, 1.165) is 28.8 Å². The zero-order valence-corrected chi connectivity index (χ0v) is 16.3. The van der Waals surface area contributed by atoms with E-state index in [1.54, 1.807) is 25.1 Å². The van der Waals surface area contributed by atoms with Gasteiger partial charge in [-0.1, -0.05) is 11.6 Å². The molecule has 0 aliphatic carbocycles. The number of benzene rings is 1. The minimum atomic E-state index is -0.587. The van der Waals surface area contributed by atoms with Gasteiger partial charge in [-0.05, 0) is 67.4 Å². The summed E-state index contributed by atoms with van der Waals surface area (Å²) >= 11 is 9.26. The second kappa shape index (κ2) is 8.53. The van der Waals surface area contributed by atoms with Gasteiger partial charge in [-0.25, -0.2) is 0 Å². The Morgan fingerprint density at radius 2 is 2.17 bits per heavy atom. The smallest absolute Gasteiger partial charge is 0.260 e. The second-order valence-electron chi connectivity index (χ2n) is 5.63. The number of rotatable bonds is 7. The summed E-state index contributed by atoms with van der Waals surface area (Å²) in [5, 5.41) is 7.89. The highest BCUT2D eigenvalue weighted by molar-refractivity contribution is 9.10. The highest BCUT2D eigenvalue weighted by Crippen LogP contribution is 2.28. The Morgan fingerprint density at radius 3 is 2.79 bits per heavy atom. The predicted molar refractivity (Wildman–Crippen MR) is 98.6 cm³/mol. The Bertz CT molecular complexity index is 718. The molecule has 24 heavy (non-hydrogen) atoms. The molecular weight excluding hydrogens is 394 g/mol. The Kier molecular flexibility index (Phi) is 6.69. The average molecular weight is 415 g/mol. The van der Waals surface area contributed by atoms with Crippen molar-refractivity contribution in [2.24, 2.45) is 0 Å². The summed E-state index contributed by atoms with van der Waals surface area (Å²) in [6.45, 7) is 7.07. The average Bonchev–Trinajstić information content (AvgIpc) is 2.84. The third-order valence-electron chi connectivity index (χ3n) is 3.52. The number of amides is 1. The van der Waals surface area contributed by atoms with E-state index < -0.39 is 6.10 Å². The molecular formula is C17H21BrClN3O2. The Labute approximate surface area is 155 Å². The number of aromatic nitrogens is 2. The van der Waals surface area contributed by atoms with Crippen LogP contribution in [0.4, 0.5) is 0 Å². The van der Waals surface area contributed by atoms with Gasteiger partial charge in [-0.2, -0.15) is 5.10 Å². The fourth-order valence-corrected chi connectivity index (χ4v) is 3.08. The number of carbonyl (C=O) groups excluding carboxylic acids is 1. The van der Waals surface area contributed by atoms with Crippen LogP contribution < -0.4 is 10.1 Å². The number of aryl methyl sites for hydroxylation is 3. The molecule has 130 valence electrons. The summed E-state index contributed by atoms with van der Waals surface area (Å²) < 4.78 is 8.34. The summed E-state index contributed by atoms with van der Waals surface area (Å²) in [4.78, 5) is 12.1. The molecule has 0 aliphatic heterocycles. The molecule has 0 aliphatic rings. The fourth-order valence-electron chi connectivity index (χ4n) is 2.30. The minimum Gasteiger partial charge on any atom is -0.480 e. The number of hydrogen-bond donors (Lipinski definition) is 1. The first-order chi connectivity index (χ1) is 11.4. The molecule has 2 rings (SSSR count). The van der Waals surface area contributed by atoms with E-state index in [0.29, 0.717) is 17.3 Å². The molecule has 1 atom stereocenters. The Balaban J connectivity index is 1.76. The maximum absolute atomic E-state index is 12.1. The summed E-state index contributed by atoms with van der Waals surface area (Å²) in [6.07, 6.45) is 0.224. The molecule has 1 aromatic heterocycles. The highest BCUT2D eigenvalue weighted by Gasteiger charge is 2.15. The molecule has 0 radical (unpaired) electrons. The van der Waals surface area contributed by atoms with Gasteiger partial charge in [-0.3, -0.25) is 9.48 Å². The topological polar surface area (TPSA) is 56.2 Å². The maximum atomic E-state index is 12.1. The van der Waals surface area contributed by atoms with Gasteiger partial charge in [0.05, 0.1) is 10.2 Å². The molecule has 1 amide bonds. The lowest BCUT2D eigenvalue weighted by Crippen LogP contribution is -2.37. The van der Waals surface area contributed by atoms with Crippen molar-refractivity contribution >= 4 is 33.4 Å². The van der Waals surface area contributed by atoms with Crippen LogP contribution in [0.1, 0.15) is 24.7 Å². The molecule has 1 heterocycles. The first kappa shape index (κ1) is 18.8. The molecule has 2 aromatic rings. The first-order valence-electron chi connectivity index (χ1n) is 7.77. The molecule has 5 nitrogen and oxygen atoms in total. The summed E-state index contributed by atoms with van der Waals surface area (Å²) in [7, 11) is 0. The summed E-state index contributed by atoms with van der Waals surface area (Å²) in [5.74, 6) is 0.440. The minimum absolute atomic E-state index is 0.148. The first-order valence-corrected chi connectivity index (χ1v) is 8.94. The monoisotopic (exact) mass is 413 g/mol. The zero-order chi connectivity index (χ0) is 17.7. The third kappa shape index (κ3) is 5.24. The van der Waals surface area contributed by atoms with Gasteiger partial charge in [0, 0.05) is 23.8 Å². The lowest BCUT2D eigenvalue weighted by atomic mass is 10.3. The normalized spacial score (nSPS) is 12.0. The van der Waals surface area contributed by atoms with Crippen LogP contribution >= 0.6 is 27.5 Å². The molecule has 7 heteroatoms. The van der Waals surface area contributed by atoms with Gasteiger partial charge in [-0.15, -0.1) is 0 Å². The quantitative estimate of drug-likeness (QED) is 0.699. The van der Waals surface area contributed by atoms with Crippen LogP contribution in [0.3, 0.4) is 0 Å². The lowest BCUT2D eigenvalue weighted by molar-refractivity contribution is -0.127. The van der Waals surface area contributed by atoms with Gasteiger partial charge < -0.3 is 10.1 Å². The van der Waals surface area contributed by atoms with Crippen molar-refractivity contribution in [2.45, 2.75) is 39.8 Å². The highest BCUT2D eigenvalue weighted by atomic mass is 79.9. The molecule has 0 fully saturated rings. The molecule has 0 unspecified atom stereocenters. The van der Waals surface area contributed by atoms with Gasteiger partial charge >= 0.3 is 0 Å². The van der Waals surface area contributed by atoms with E-state index in [4.69, 9.17) is 16.3 Å². The van der Waals surface area contributed by atoms with Crippen molar-refractivity contribution in [1.82, 2.24) is 15.1 Å². The number of ether oxygens (including phenoxy) is 1. The summed E-state index contributed by atoms with van der Waals surface area (Å²) in [5.41, 5.74) is 2.13. The van der Waals surface area contributed by atoms with Crippen LogP contribution in [-0.2, 0) is 11.3 Å². The van der Waals surface area contributed by atoms with Gasteiger partial charge in [0.15, 0.2) is 6.10 Å². The van der Waals surface area contributed by atoms with Crippen LogP contribution in [0.5, 0.6) is 5.75 Å². The Morgan fingerprint density at radius 1 is 1.42 bits per heavy atom. The van der Waals surface area contributed by atoms with Crippen molar-refractivity contribution in [3.05, 3.63) is 45.1 Å². The van der Waals surface area contributed by atoms with Crippen molar-refractivity contribution in [2.75, 3.05) is 6.54 Å². The van der Waals surface area contributed by atoms with Crippen LogP contribution in [0.25, 0.3) is 0 Å². The van der Waals surface area contributed by atoms with Gasteiger partial charge in [0.25, 0.3) is 5.91 Å². The van der Waals surface area contributed by atoms with Crippen LogP contribution in [0.15, 0.2) is 28.7 Å². The van der Waals surface area contributed by atoms with Crippen molar-refractivity contribution in [3.8, 4) is 5.75 Å². The van der Waals surface area contributed by atoms with Crippen LogP contribution in [0.2, 0.25) is 5.02 Å². The van der Waals surface area contributed by atoms with Crippen LogP contribution in [0, 0.1) is 13.8 Å². The number of halogens is 2. The molecule has 0 bridgehead atoms. The maximum Gasteiger partial charge on any atom is 0.260 e. The van der Waals surface area contributed by atoms with E-state index in [9.17, 15) is 4.79 Å². The fraction of sp³-hybridized carbons (Fsp3) is 0.412. The van der Waals surface area contributed by atoms with E-state index in [2.05, 4.69) is 26.3 Å². The Hall–Kier alpha value is -1.53. The lowest BCUT2D eigenvalue weighted by Gasteiger charge is -2.16. The van der Waals surface area contributed by atoms with E-state index in [1.807, 2.05) is 24.6 Å². The zero-order valence-electron chi connectivity index (χ0n) is 14.0. The van der Waals surface area contributed by atoms with E-state index >= 15 is 0 Å². The van der Waals surface area contributed by atoms with Gasteiger partial charge in [0.2, 0.25) is 0 Å². The summed E-state index contributed by atoms with van der Waals surface area (Å²) in [6, 6.07) is 7.23. The van der Waals surface area contributed by atoms with Gasteiger partial charge in [0.1, 0.15) is 5.75 Å². The van der Waals surface area contributed by atoms with Crippen molar-refractivity contribution in [3.63, 3.8) is 0 Å². The van der Waals surface area contributed by atoms with E-state index in [1.165, 1.54) is 0 Å². The SMILES string of the molecule is Cc1cc(C)n(CCCNC(=O)[C@@H](C)Oc2ccc(Cl)cc2Br)n1. The van der Waals surface area contributed by atoms with Crippen molar-refractivity contribution < 1.29 is 9.53 Å². The molecule has 1 aromatic carbocycles. The van der Waals surface area contributed by atoms with Crippen LogP contribution in [-0.4, -0.2) is 28.3 Å². The number of carbonyl (C=O) groups is 1.